The van der Waals surface area contributed by atoms with Gasteiger partial charge in [0.05, 0.1) is 5.41 Å². The van der Waals surface area contributed by atoms with E-state index in [9.17, 15) is 0 Å². The molecule has 262 valence electrons. The van der Waals surface area contributed by atoms with Crippen molar-refractivity contribution in [2.45, 2.75) is 11.6 Å². The second-order valence-corrected chi connectivity index (χ2v) is 14.8. The molecule has 0 fully saturated rings. The van der Waals surface area contributed by atoms with Crippen LogP contribution < -0.4 is 5.32 Å². The van der Waals surface area contributed by atoms with E-state index in [1.54, 1.807) is 0 Å². The van der Waals surface area contributed by atoms with Gasteiger partial charge in [0.25, 0.3) is 0 Å². The molecule has 8 aromatic carbocycles. The van der Waals surface area contributed by atoms with E-state index >= 15 is 0 Å². The average molecular weight is 716 g/mol. The van der Waals surface area contributed by atoms with Crippen LogP contribution in [0.4, 0.5) is 0 Å². The summed E-state index contributed by atoms with van der Waals surface area (Å²) >= 11 is 0. The molecule has 4 nitrogen and oxygen atoms in total. The van der Waals surface area contributed by atoms with Crippen LogP contribution in [0.25, 0.3) is 55.3 Å². The molecule has 1 spiro atoms. The van der Waals surface area contributed by atoms with Gasteiger partial charge in [0.1, 0.15) is 22.8 Å². The van der Waals surface area contributed by atoms with Crippen LogP contribution in [0.5, 0.6) is 0 Å². The van der Waals surface area contributed by atoms with Crippen LogP contribution in [0.2, 0.25) is 0 Å². The van der Waals surface area contributed by atoms with Crippen LogP contribution in [0, 0.1) is 0 Å². The third-order valence-electron chi connectivity index (χ3n) is 12.0. The van der Waals surface area contributed by atoms with Crippen LogP contribution in [0.1, 0.15) is 45.1 Å². The molecule has 2 heterocycles. The second kappa shape index (κ2) is 11.8. The van der Waals surface area contributed by atoms with Crippen LogP contribution >= 0.6 is 0 Å². The average Bonchev–Trinajstić information content (AvgIpc) is 3.91. The lowest BCUT2D eigenvalue weighted by Gasteiger charge is -2.30. The number of amidine groups is 2. The van der Waals surface area contributed by atoms with Crippen LogP contribution in [0.15, 0.2) is 202 Å². The summed E-state index contributed by atoms with van der Waals surface area (Å²) in [7, 11) is 0. The summed E-state index contributed by atoms with van der Waals surface area (Å²) in [6.07, 6.45) is -0.392. The molecule has 56 heavy (non-hydrogen) atoms. The number of nitrogens with one attached hydrogen (secondary N) is 1. The first-order valence-corrected chi connectivity index (χ1v) is 19.2. The Bertz CT molecular complexity index is 3070. The molecule has 1 aliphatic heterocycles. The number of fused-ring (bicyclic) bond motifs is 13. The maximum atomic E-state index is 6.59. The Kier molecular flexibility index (Phi) is 6.58. The first-order valence-electron chi connectivity index (χ1n) is 19.2. The molecule has 1 N–H and O–H groups in total. The van der Waals surface area contributed by atoms with Gasteiger partial charge < -0.3 is 9.73 Å². The molecule has 3 aliphatic rings. The van der Waals surface area contributed by atoms with E-state index in [-0.39, 0.29) is 0 Å². The van der Waals surface area contributed by atoms with E-state index in [1.165, 1.54) is 50.1 Å². The molecule has 9 aromatic rings. The molecule has 0 saturated heterocycles. The molecule has 0 amide bonds. The minimum Gasteiger partial charge on any atom is -0.456 e. The molecule has 0 saturated carbocycles. The summed E-state index contributed by atoms with van der Waals surface area (Å²) in [6, 6.07) is 67.3. The molecular formula is C52H33N3O. The van der Waals surface area contributed by atoms with Crippen molar-refractivity contribution in [2.75, 3.05) is 0 Å². The number of nitrogens with zero attached hydrogens (tertiary/aromatic N) is 2. The van der Waals surface area contributed by atoms with E-state index in [1.807, 2.05) is 42.5 Å². The fourth-order valence-corrected chi connectivity index (χ4v) is 9.68. The van der Waals surface area contributed by atoms with Crippen molar-refractivity contribution in [2.24, 2.45) is 9.98 Å². The quantitative estimate of drug-likeness (QED) is 0.197. The lowest BCUT2D eigenvalue weighted by molar-refractivity contribution is 0.669. The monoisotopic (exact) mass is 715 g/mol. The highest BCUT2D eigenvalue weighted by Crippen LogP contribution is 2.64. The highest BCUT2D eigenvalue weighted by Gasteiger charge is 2.51. The Hall–Kier alpha value is -7.30. The first-order chi connectivity index (χ1) is 27.8. The van der Waals surface area contributed by atoms with Crippen LogP contribution in [-0.2, 0) is 5.41 Å². The van der Waals surface area contributed by atoms with Crippen molar-refractivity contribution >= 4 is 33.6 Å². The predicted octanol–water partition coefficient (Wildman–Crippen LogP) is 12.1. The maximum Gasteiger partial charge on any atom is 0.169 e. The number of aliphatic imine (C=N–C) groups is 2. The fourth-order valence-electron chi connectivity index (χ4n) is 9.68. The van der Waals surface area contributed by atoms with Crippen LogP contribution in [0.3, 0.4) is 0 Å². The molecule has 1 aromatic heterocycles. The number of furan rings is 1. The number of benzene rings is 8. The zero-order valence-electron chi connectivity index (χ0n) is 30.3. The summed E-state index contributed by atoms with van der Waals surface area (Å²) in [4.78, 5) is 10.3. The van der Waals surface area contributed by atoms with Gasteiger partial charge in [-0.25, -0.2) is 9.98 Å². The molecule has 1 unspecified atom stereocenters. The molecular weight excluding hydrogens is 683 g/mol. The standard InChI is InChI=1S/C52H33N3O/c1-3-15-32(16-4-1)49-53-50(33-17-5-2-6-18-33)55-51(54-49)39-23-14-28-46-48(39)40-31-34(29-30-45(40)56-46)35-22-13-27-44-47(35)38-21-9-12-26-43(38)52(44)41-24-10-7-19-36(41)37-20-8-11-25-42(37)52/h1-31,49H,(H,53,54,55). The van der Waals surface area contributed by atoms with Crippen molar-refractivity contribution in [3.63, 3.8) is 0 Å². The van der Waals surface area contributed by atoms with E-state index in [0.29, 0.717) is 0 Å². The molecule has 4 heteroatoms. The van der Waals surface area contributed by atoms with Gasteiger partial charge in [-0.2, -0.15) is 0 Å². The third kappa shape index (κ3) is 4.29. The third-order valence-corrected chi connectivity index (χ3v) is 12.0. The van der Waals surface area contributed by atoms with E-state index in [2.05, 4.69) is 151 Å². The zero-order valence-corrected chi connectivity index (χ0v) is 30.3. The molecule has 0 bridgehead atoms. The Morgan fingerprint density at radius 3 is 1.75 bits per heavy atom. The summed E-state index contributed by atoms with van der Waals surface area (Å²) in [5, 5.41) is 5.70. The molecule has 2 aliphatic carbocycles. The number of hydrogen-bond donors (Lipinski definition) is 1. The van der Waals surface area contributed by atoms with Gasteiger partial charge in [0, 0.05) is 21.9 Å². The largest absolute Gasteiger partial charge is 0.456 e. The molecule has 1 atom stereocenters. The van der Waals surface area contributed by atoms with Crippen molar-refractivity contribution in [1.82, 2.24) is 5.32 Å². The SMILES string of the molecule is c1ccc(C2=NC(c3ccccc3)N=C(c3cccc4oc5ccc(-c6cccc7c6-c6ccccc6C76c7ccccc7-c7ccccc76)cc5c34)N2)cc1. The first kappa shape index (κ1) is 31.1. The Labute approximate surface area is 324 Å². The smallest absolute Gasteiger partial charge is 0.169 e. The normalized spacial score (nSPS) is 15.8. The van der Waals surface area contributed by atoms with E-state index < -0.39 is 11.6 Å². The lowest BCUT2D eigenvalue weighted by Crippen LogP contribution is -2.36. The Morgan fingerprint density at radius 2 is 1.00 bits per heavy atom. The summed E-state index contributed by atoms with van der Waals surface area (Å²) in [5.74, 6) is 1.55. The summed E-state index contributed by atoms with van der Waals surface area (Å²) in [5.41, 5.74) is 17.2. The summed E-state index contributed by atoms with van der Waals surface area (Å²) < 4.78 is 6.59. The van der Waals surface area contributed by atoms with E-state index in [4.69, 9.17) is 14.4 Å². The topological polar surface area (TPSA) is 49.9 Å². The summed E-state index contributed by atoms with van der Waals surface area (Å²) in [6.45, 7) is 0. The van der Waals surface area contributed by atoms with Crippen molar-refractivity contribution in [3.05, 3.63) is 227 Å². The van der Waals surface area contributed by atoms with Gasteiger partial charge in [0.2, 0.25) is 0 Å². The van der Waals surface area contributed by atoms with Crippen molar-refractivity contribution in [3.8, 4) is 33.4 Å². The Morgan fingerprint density at radius 1 is 0.429 bits per heavy atom. The van der Waals surface area contributed by atoms with Crippen LogP contribution in [-0.4, -0.2) is 11.7 Å². The van der Waals surface area contributed by atoms with Gasteiger partial charge in [-0.1, -0.05) is 170 Å². The fraction of sp³-hybridized carbons (Fsp3) is 0.0385. The lowest BCUT2D eigenvalue weighted by atomic mass is 9.70. The minimum absolute atomic E-state index is 0.392. The number of rotatable bonds is 4. The van der Waals surface area contributed by atoms with E-state index in [0.717, 1.165) is 55.9 Å². The zero-order chi connectivity index (χ0) is 36.8. The molecule has 12 rings (SSSR count). The second-order valence-electron chi connectivity index (χ2n) is 14.8. The highest BCUT2D eigenvalue weighted by molar-refractivity contribution is 6.23. The van der Waals surface area contributed by atoms with Gasteiger partial charge in [-0.3, -0.25) is 0 Å². The predicted molar refractivity (Wildman–Crippen MR) is 227 cm³/mol. The van der Waals surface area contributed by atoms with Gasteiger partial charge in [-0.05, 0) is 79.4 Å². The van der Waals surface area contributed by atoms with Gasteiger partial charge in [-0.15, -0.1) is 0 Å². The molecule has 0 radical (unpaired) electrons. The number of hydrogen-bond acceptors (Lipinski definition) is 4. The highest BCUT2D eigenvalue weighted by atomic mass is 16.3. The Balaban J connectivity index is 1.06. The van der Waals surface area contributed by atoms with Crippen molar-refractivity contribution < 1.29 is 4.42 Å². The van der Waals surface area contributed by atoms with Crippen molar-refractivity contribution in [1.29, 1.82) is 0 Å². The van der Waals surface area contributed by atoms with Gasteiger partial charge in [0.15, 0.2) is 6.17 Å². The minimum atomic E-state index is -0.396. The van der Waals surface area contributed by atoms with Gasteiger partial charge >= 0.3 is 0 Å². The maximum absolute atomic E-state index is 6.59.